The van der Waals surface area contributed by atoms with E-state index in [0.29, 0.717) is 0 Å². The zero-order valence-electron chi connectivity index (χ0n) is 6.44. The maximum Gasteiger partial charge on any atom is 0.578 e. The summed E-state index contributed by atoms with van der Waals surface area (Å²) in [5, 5.41) is -0.0638. The van der Waals surface area contributed by atoms with Crippen LogP contribution in [0.4, 0.5) is 13.2 Å². The first-order valence-electron chi connectivity index (χ1n) is 3.26. The van der Waals surface area contributed by atoms with E-state index < -0.39 is 21.6 Å². The SMILES string of the molecule is [O-][S+](c1ccc(Cl)cc1Cl)C(F)(F)F. The zero-order valence-corrected chi connectivity index (χ0v) is 8.77. The van der Waals surface area contributed by atoms with Gasteiger partial charge in [0.2, 0.25) is 0 Å². The number of halogens is 5. The summed E-state index contributed by atoms with van der Waals surface area (Å²) in [7, 11) is 0. The highest BCUT2D eigenvalue weighted by Crippen LogP contribution is 2.35. The molecule has 1 nitrogen and oxygen atoms in total. The summed E-state index contributed by atoms with van der Waals surface area (Å²) >= 11 is 7.81. The lowest BCUT2D eigenvalue weighted by molar-refractivity contribution is -0.0435. The topological polar surface area (TPSA) is 23.1 Å². The molecule has 7 heteroatoms. The molecular weight excluding hydrogens is 260 g/mol. The summed E-state index contributed by atoms with van der Waals surface area (Å²) < 4.78 is 46.9. The highest BCUT2D eigenvalue weighted by Gasteiger charge is 2.47. The second-order valence-corrected chi connectivity index (χ2v) is 4.57. The first-order chi connectivity index (χ1) is 6.32. The van der Waals surface area contributed by atoms with Gasteiger partial charge in [0.25, 0.3) is 0 Å². The third-order valence-electron chi connectivity index (χ3n) is 1.30. The molecule has 0 saturated carbocycles. The van der Waals surface area contributed by atoms with E-state index in [9.17, 15) is 17.7 Å². The summed E-state index contributed by atoms with van der Waals surface area (Å²) in [4.78, 5) is -0.483. The van der Waals surface area contributed by atoms with Crippen molar-refractivity contribution in [2.75, 3.05) is 0 Å². The van der Waals surface area contributed by atoms with Crippen LogP contribution >= 0.6 is 23.2 Å². The average molecular weight is 263 g/mol. The Morgan fingerprint density at radius 3 is 2.21 bits per heavy atom. The maximum atomic E-state index is 12.0. The van der Waals surface area contributed by atoms with Crippen LogP contribution in [0.25, 0.3) is 0 Å². The monoisotopic (exact) mass is 262 g/mol. The molecule has 0 bridgehead atoms. The highest BCUT2D eigenvalue weighted by atomic mass is 35.5. The van der Waals surface area contributed by atoms with Crippen LogP contribution in [0, 0.1) is 0 Å². The summed E-state index contributed by atoms with van der Waals surface area (Å²) in [6.45, 7) is 0. The van der Waals surface area contributed by atoms with E-state index in [2.05, 4.69) is 0 Å². The predicted octanol–water partition coefficient (Wildman–Crippen LogP) is 3.62. The standard InChI is InChI=1S/C7H3Cl2F3OS/c8-4-1-2-6(5(9)3-4)14(13)7(10,11)12/h1-3H. The first kappa shape index (κ1) is 12.0. The molecule has 0 fully saturated rings. The molecule has 0 aliphatic carbocycles. The van der Waals surface area contributed by atoms with Gasteiger partial charge in [0.05, 0.1) is 5.02 Å². The van der Waals surface area contributed by atoms with Gasteiger partial charge in [-0.1, -0.05) is 23.2 Å². The van der Waals surface area contributed by atoms with Crippen LogP contribution in [0.1, 0.15) is 0 Å². The lowest BCUT2D eigenvalue weighted by Gasteiger charge is -2.12. The van der Waals surface area contributed by atoms with Gasteiger partial charge < -0.3 is 4.55 Å². The van der Waals surface area contributed by atoms with Crippen LogP contribution in [0.5, 0.6) is 0 Å². The molecule has 0 N–H and O–H groups in total. The Morgan fingerprint density at radius 2 is 1.79 bits per heavy atom. The fraction of sp³-hybridized carbons (Fsp3) is 0.143. The molecule has 0 radical (unpaired) electrons. The van der Waals surface area contributed by atoms with Crippen molar-refractivity contribution in [2.24, 2.45) is 0 Å². The quantitative estimate of drug-likeness (QED) is 0.709. The summed E-state index contributed by atoms with van der Waals surface area (Å²) in [5.41, 5.74) is -4.81. The number of alkyl halides is 3. The molecule has 1 rings (SSSR count). The van der Waals surface area contributed by atoms with Gasteiger partial charge >= 0.3 is 5.51 Å². The zero-order chi connectivity index (χ0) is 10.9. The molecule has 14 heavy (non-hydrogen) atoms. The van der Waals surface area contributed by atoms with E-state index in [1.54, 1.807) is 0 Å². The van der Waals surface area contributed by atoms with Crippen molar-refractivity contribution < 1.29 is 17.7 Å². The number of rotatable bonds is 1. The fourth-order valence-electron chi connectivity index (χ4n) is 0.750. The van der Waals surface area contributed by atoms with E-state index in [1.807, 2.05) is 0 Å². The van der Waals surface area contributed by atoms with E-state index in [4.69, 9.17) is 23.2 Å². The minimum Gasteiger partial charge on any atom is -0.604 e. The van der Waals surface area contributed by atoms with Crippen molar-refractivity contribution in [1.82, 2.24) is 0 Å². The van der Waals surface area contributed by atoms with Gasteiger partial charge in [-0.3, -0.25) is 0 Å². The normalized spacial score (nSPS) is 14.1. The molecule has 0 aliphatic rings. The second kappa shape index (κ2) is 4.18. The summed E-state index contributed by atoms with van der Waals surface area (Å²) in [5.74, 6) is 0. The van der Waals surface area contributed by atoms with E-state index in [0.717, 1.165) is 12.1 Å². The molecular formula is C7H3Cl2F3OS. The minimum absolute atomic E-state index is 0.193. The molecule has 0 spiro atoms. The Bertz CT molecular complexity index is 342. The lowest BCUT2D eigenvalue weighted by atomic mass is 10.4. The molecule has 1 unspecified atom stereocenters. The van der Waals surface area contributed by atoms with E-state index in [1.165, 1.54) is 6.07 Å². The molecule has 1 atom stereocenters. The predicted molar refractivity (Wildman–Crippen MR) is 48.9 cm³/mol. The van der Waals surface area contributed by atoms with Gasteiger partial charge in [0.1, 0.15) is 11.2 Å². The Balaban J connectivity index is 3.08. The second-order valence-electron chi connectivity index (χ2n) is 2.29. The van der Waals surface area contributed by atoms with Crippen molar-refractivity contribution >= 4 is 34.4 Å². The summed E-state index contributed by atoms with van der Waals surface area (Å²) in [6, 6.07) is 3.31. The van der Waals surface area contributed by atoms with Crippen LogP contribution < -0.4 is 0 Å². The van der Waals surface area contributed by atoms with Crippen molar-refractivity contribution in [1.29, 1.82) is 0 Å². The van der Waals surface area contributed by atoms with Crippen LogP contribution in [0.15, 0.2) is 23.1 Å². The Morgan fingerprint density at radius 1 is 1.21 bits per heavy atom. The van der Waals surface area contributed by atoms with Crippen LogP contribution in [-0.4, -0.2) is 10.1 Å². The molecule has 0 aliphatic heterocycles. The Hall–Kier alpha value is -0.100. The number of hydrogen-bond donors (Lipinski definition) is 0. The Kier molecular flexibility index (Phi) is 3.58. The molecule has 1 aromatic carbocycles. The van der Waals surface area contributed by atoms with E-state index >= 15 is 0 Å². The number of hydrogen-bond acceptors (Lipinski definition) is 1. The van der Waals surface area contributed by atoms with Gasteiger partial charge in [-0.2, -0.15) is 0 Å². The van der Waals surface area contributed by atoms with Crippen molar-refractivity contribution in [2.45, 2.75) is 10.4 Å². The van der Waals surface area contributed by atoms with Crippen LogP contribution in [0.3, 0.4) is 0 Å². The first-order valence-corrected chi connectivity index (χ1v) is 5.16. The molecule has 0 amide bonds. The summed E-state index contributed by atoms with van der Waals surface area (Å²) in [6.07, 6.45) is 0. The molecule has 0 aromatic heterocycles. The van der Waals surface area contributed by atoms with Gasteiger partial charge in [0, 0.05) is 5.02 Å². The smallest absolute Gasteiger partial charge is 0.578 e. The third-order valence-corrected chi connectivity index (χ3v) is 3.14. The lowest BCUT2D eigenvalue weighted by Crippen LogP contribution is -2.23. The van der Waals surface area contributed by atoms with Crippen molar-refractivity contribution in [3.8, 4) is 0 Å². The molecule has 0 saturated heterocycles. The fourth-order valence-corrected chi connectivity index (χ4v) is 2.05. The average Bonchev–Trinajstić information content (AvgIpc) is 2.01. The molecule has 0 heterocycles. The van der Waals surface area contributed by atoms with Gasteiger partial charge in [-0.25, -0.2) is 0 Å². The van der Waals surface area contributed by atoms with Crippen molar-refractivity contribution in [3.05, 3.63) is 28.2 Å². The van der Waals surface area contributed by atoms with Crippen LogP contribution in [0.2, 0.25) is 10.0 Å². The minimum atomic E-state index is -4.81. The highest BCUT2D eigenvalue weighted by molar-refractivity contribution is 7.92. The van der Waals surface area contributed by atoms with Crippen molar-refractivity contribution in [3.63, 3.8) is 0 Å². The van der Waals surface area contributed by atoms with Gasteiger partial charge in [-0.05, 0) is 18.2 Å². The van der Waals surface area contributed by atoms with Crippen LogP contribution in [-0.2, 0) is 11.2 Å². The Labute approximate surface area is 91.0 Å². The molecule has 1 aromatic rings. The number of benzene rings is 1. The van der Waals surface area contributed by atoms with E-state index in [-0.39, 0.29) is 10.0 Å². The third kappa shape index (κ3) is 2.70. The largest absolute Gasteiger partial charge is 0.604 e. The maximum absolute atomic E-state index is 12.0. The van der Waals surface area contributed by atoms with Gasteiger partial charge in [0.15, 0.2) is 4.90 Å². The van der Waals surface area contributed by atoms with Gasteiger partial charge in [-0.15, -0.1) is 13.2 Å². The molecule has 78 valence electrons.